The minimum absolute atomic E-state index is 0.121. The van der Waals surface area contributed by atoms with Gasteiger partial charge in [-0.25, -0.2) is 0 Å². The number of hydrogen-bond acceptors (Lipinski definition) is 6. The third-order valence-corrected chi connectivity index (χ3v) is 4.80. The van der Waals surface area contributed by atoms with Crippen molar-refractivity contribution in [1.29, 1.82) is 0 Å². The van der Waals surface area contributed by atoms with Gasteiger partial charge in [0.15, 0.2) is 0 Å². The van der Waals surface area contributed by atoms with E-state index < -0.39 is 0 Å². The fourth-order valence-electron chi connectivity index (χ4n) is 2.21. The number of aromatic nitrogens is 3. The lowest BCUT2D eigenvalue weighted by Crippen LogP contribution is -2.23. The second kappa shape index (κ2) is 7.43. The first-order chi connectivity index (χ1) is 11.3. The maximum atomic E-state index is 12.3. The van der Waals surface area contributed by atoms with Crippen LogP contribution in [0.4, 0.5) is 0 Å². The van der Waals surface area contributed by atoms with E-state index in [1.165, 1.54) is 0 Å². The molecule has 0 atom stereocenters. The summed E-state index contributed by atoms with van der Waals surface area (Å²) in [7, 11) is 0. The van der Waals surface area contributed by atoms with E-state index in [9.17, 15) is 4.79 Å². The molecule has 0 saturated carbocycles. The second-order valence-electron chi connectivity index (χ2n) is 5.08. The number of rotatable bonds is 6. The van der Waals surface area contributed by atoms with Gasteiger partial charge >= 0.3 is 0 Å². The standard InChI is InChI=1S/C16H16N4OS2/c1-2-3-14-15(23-20-19-14)16(21)18-8-11-6-13(9-17-7-11)12-4-5-22-10-12/h4-7,9-10H,2-3,8H2,1H3,(H,18,21). The minimum Gasteiger partial charge on any atom is -0.347 e. The molecule has 0 unspecified atom stereocenters. The Labute approximate surface area is 142 Å². The molecule has 3 aromatic heterocycles. The van der Waals surface area contributed by atoms with Gasteiger partial charge in [-0.15, -0.1) is 5.10 Å². The minimum atomic E-state index is -0.121. The van der Waals surface area contributed by atoms with Crippen LogP contribution in [0.5, 0.6) is 0 Å². The first-order valence-electron chi connectivity index (χ1n) is 7.34. The zero-order valence-electron chi connectivity index (χ0n) is 12.7. The van der Waals surface area contributed by atoms with Crippen molar-refractivity contribution in [2.24, 2.45) is 0 Å². The highest BCUT2D eigenvalue weighted by molar-refractivity contribution is 7.08. The third-order valence-electron chi connectivity index (χ3n) is 3.35. The van der Waals surface area contributed by atoms with E-state index >= 15 is 0 Å². The summed E-state index contributed by atoms with van der Waals surface area (Å²) in [6.45, 7) is 2.50. The Morgan fingerprint density at radius 1 is 1.30 bits per heavy atom. The number of carbonyl (C=O) groups is 1. The van der Waals surface area contributed by atoms with Crippen molar-refractivity contribution in [1.82, 2.24) is 19.9 Å². The summed E-state index contributed by atoms with van der Waals surface area (Å²) < 4.78 is 3.88. The number of amides is 1. The van der Waals surface area contributed by atoms with Crippen molar-refractivity contribution in [3.63, 3.8) is 0 Å². The van der Waals surface area contributed by atoms with Crippen molar-refractivity contribution in [3.8, 4) is 11.1 Å². The van der Waals surface area contributed by atoms with Gasteiger partial charge < -0.3 is 5.32 Å². The van der Waals surface area contributed by atoms with Crippen LogP contribution in [0.25, 0.3) is 11.1 Å². The topological polar surface area (TPSA) is 67.8 Å². The Morgan fingerprint density at radius 2 is 2.22 bits per heavy atom. The van der Waals surface area contributed by atoms with Crippen LogP contribution in [0.3, 0.4) is 0 Å². The zero-order valence-corrected chi connectivity index (χ0v) is 14.3. The summed E-state index contributed by atoms with van der Waals surface area (Å²) in [5, 5.41) is 11.1. The van der Waals surface area contributed by atoms with Gasteiger partial charge in [0.1, 0.15) is 4.88 Å². The molecular weight excluding hydrogens is 328 g/mol. The molecule has 0 aromatic carbocycles. The van der Waals surface area contributed by atoms with Gasteiger partial charge in [0.05, 0.1) is 5.69 Å². The molecule has 1 amide bonds. The molecule has 23 heavy (non-hydrogen) atoms. The lowest BCUT2D eigenvalue weighted by atomic mass is 10.1. The number of hydrogen-bond donors (Lipinski definition) is 1. The van der Waals surface area contributed by atoms with Crippen LogP contribution in [0.1, 0.15) is 34.3 Å². The summed E-state index contributed by atoms with van der Waals surface area (Å²) in [4.78, 5) is 17.2. The normalized spacial score (nSPS) is 10.7. The van der Waals surface area contributed by atoms with E-state index in [2.05, 4.69) is 38.3 Å². The summed E-state index contributed by atoms with van der Waals surface area (Å²) in [6, 6.07) is 4.11. The maximum absolute atomic E-state index is 12.3. The highest BCUT2D eigenvalue weighted by Crippen LogP contribution is 2.22. The van der Waals surface area contributed by atoms with Gasteiger partial charge in [0.2, 0.25) is 0 Å². The summed E-state index contributed by atoms with van der Waals surface area (Å²) in [6.07, 6.45) is 5.32. The van der Waals surface area contributed by atoms with Crippen molar-refractivity contribution in [3.05, 3.63) is 51.4 Å². The van der Waals surface area contributed by atoms with Crippen molar-refractivity contribution >= 4 is 28.8 Å². The number of nitrogens with one attached hydrogen (secondary N) is 1. The molecule has 0 radical (unpaired) electrons. The fraction of sp³-hybridized carbons (Fsp3) is 0.250. The molecule has 0 bridgehead atoms. The summed E-state index contributed by atoms with van der Waals surface area (Å²) in [5.74, 6) is -0.121. The van der Waals surface area contributed by atoms with Crippen LogP contribution in [-0.2, 0) is 13.0 Å². The maximum Gasteiger partial charge on any atom is 0.265 e. The van der Waals surface area contributed by atoms with Crippen LogP contribution < -0.4 is 5.32 Å². The highest BCUT2D eigenvalue weighted by atomic mass is 32.1. The predicted molar refractivity (Wildman–Crippen MR) is 92.6 cm³/mol. The molecular formula is C16H16N4OS2. The van der Waals surface area contributed by atoms with E-state index in [0.29, 0.717) is 11.4 Å². The largest absolute Gasteiger partial charge is 0.347 e. The first-order valence-corrected chi connectivity index (χ1v) is 9.05. The van der Waals surface area contributed by atoms with Gasteiger partial charge in [-0.05, 0) is 52.0 Å². The van der Waals surface area contributed by atoms with E-state index in [4.69, 9.17) is 0 Å². The van der Waals surface area contributed by atoms with E-state index in [-0.39, 0.29) is 5.91 Å². The van der Waals surface area contributed by atoms with Gasteiger partial charge in [-0.3, -0.25) is 9.78 Å². The lowest BCUT2D eigenvalue weighted by Gasteiger charge is -2.06. The first kappa shape index (κ1) is 15.8. The molecule has 5 nitrogen and oxygen atoms in total. The number of nitrogens with zero attached hydrogens (tertiary/aromatic N) is 3. The Morgan fingerprint density at radius 3 is 3.00 bits per heavy atom. The number of pyridine rings is 1. The Bertz CT molecular complexity index is 783. The smallest absolute Gasteiger partial charge is 0.265 e. The molecule has 118 valence electrons. The van der Waals surface area contributed by atoms with E-state index in [1.54, 1.807) is 17.5 Å². The molecule has 0 aliphatic carbocycles. The third kappa shape index (κ3) is 3.80. The van der Waals surface area contributed by atoms with Gasteiger partial charge in [-0.2, -0.15) is 11.3 Å². The van der Waals surface area contributed by atoms with E-state index in [0.717, 1.165) is 46.8 Å². The lowest BCUT2D eigenvalue weighted by molar-refractivity contribution is 0.0954. The molecule has 0 saturated heterocycles. The van der Waals surface area contributed by atoms with Crippen LogP contribution in [0.2, 0.25) is 0 Å². The van der Waals surface area contributed by atoms with Crippen molar-refractivity contribution in [2.45, 2.75) is 26.3 Å². The average molecular weight is 344 g/mol. The van der Waals surface area contributed by atoms with Crippen LogP contribution in [0, 0.1) is 0 Å². The molecule has 3 rings (SSSR count). The molecule has 1 N–H and O–H groups in total. The Kier molecular flexibility index (Phi) is 5.09. The molecule has 3 aromatic rings. The van der Waals surface area contributed by atoms with Crippen LogP contribution in [0.15, 0.2) is 35.3 Å². The van der Waals surface area contributed by atoms with Crippen LogP contribution in [-0.4, -0.2) is 20.5 Å². The fourth-order valence-corrected chi connectivity index (χ4v) is 3.50. The second-order valence-corrected chi connectivity index (χ2v) is 6.61. The average Bonchev–Trinajstić information content (AvgIpc) is 3.25. The van der Waals surface area contributed by atoms with Crippen molar-refractivity contribution < 1.29 is 4.79 Å². The highest BCUT2D eigenvalue weighted by Gasteiger charge is 2.15. The van der Waals surface area contributed by atoms with Gasteiger partial charge in [0.25, 0.3) is 5.91 Å². The van der Waals surface area contributed by atoms with Crippen molar-refractivity contribution in [2.75, 3.05) is 0 Å². The molecule has 0 spiro atoms. The number of carbonyl (C=O) groups excluding carboxylic acids is 1. The number of thiophene rings is 1. The molecule has 3 heterocycles. The Balaban J connectivity index is 1.67. The molecule has 7 heteroatoms. The molecule has 0 aliphatic rings. The number of aryl methyl sites for hydroxylation is 1. The van der Waals surface area contributed by atoms with Gasteiger partial charge in [-0.1, -0.05) is 17.8 Å². The van der Waals surface area contributed by atoms with E-state index in [1.807, 2.05) is 17.6 Å². The zero-order chi connectivity index (χ0) is 16.1. The van der Waals surface area contributed by atoms with Gasteiger partial charge in [0, 0.05) is 24.5 Å². The predicted octanol–water partition coefficient (Wildman–Crippen LogP) is 3.54. The summed E-state index contributed by atoms with van der Waals surface area (Å²) >= 11 is 2.80. The quantitative estimate of drug-likeness (QED) is 0.742. The summed E-state index contributed by atoms with van der Waals surface area (Å²) in [5.41, 5.74) is 3.95. The Hall–Kier alpha value is -2.12. The van der Waals surface area contributed by atoms with Crippen LogP contribution >= 0.6 is 22.9 Å². The molecule has 0 aliphatic heterocycles. The SMILES string of the molecule is CCCc1nnsc1C(=O)NCc1cncc(-c2ccsc2)c1. The monoisotopic (exact) mass is 344 g/mol. The molecule has 0 fully saturated rings.